The number of Topliss-reactive ketones (excluding diaryl/α,β-unsaturated/α-hetero) is 1. The van der Waals surface area contributed by atoms with Crippen LogP contribution in [0.5, 0.6) is 5.75 Å². The van der Waals surface area contributed by atoms with Crippen LogP contribution in [-0.4, -0.2) is 98.3 Å². The molecule has 2 aromatic heterocycles. The number of benzene rings is 2. The van der Waals surface area contributed by atoms with Gasteiger partial charge in [-0.3, -0.25) is 14.5 Å². The molecule has 54 heavy (non-hydrogen) atoms. The Bertz CT molecular complexity index is 1970. The number of carbonyl (C=O) groups excluding carboxylic acids is 2. The fraction of sp³-hybridized carbons (Fsp3) is 0.439. The molecule has 2 aliphatic rings. The number of para-hydroxylation sites is 1. The number of aromatic nitrogens is 3. The number of aryl methyl sites for hydroxylation is 1. The number of phenolic OH excluding ortho intramolecular Hbond substituents is 1. The smallest absolute Gasteiger partial charge is 0.227 e. The number of aliphatic hydroxyl groups is 1. The second-order valence-corrected chi connectivity index (χ2v) is 16.5. The van der Waals surface area contributed by atoms with Gasteiger partial charge in [-0.25, -0.2) is 4.98 Å². The van der Waals surface area contributed by atoms with Crippen molar-refractivity contribution >= 4 is 34.5 Å². The van der Waals surface area contributed by atoms with E-state index in [1.54, 1.807) is 34.4 Å². The van der Waals surface area contributed by atoms with Gasteiger partial charge in [0.1, 0.15) is 11.5 Å². The van der Waals surface area contributed by atoms with E-state index in [2.05, 4.69) is 68.1 Å². The summed E-state index contributed by atoms with van der Waals surface area (Å²) in [6, 6.07) is 16.7. The summed E-state index contributed by atoms with van der Waals surface area (Å²) >= 11 is 1.62. The summed E-state index contributed by atoms with van der Waals surface area (Å²) in [5.41, 5.74) is 13.3. The SMILES string of the molecule is C=C(N[C@@H](C)c1ccc(-c2scnc2C)cc1)[C@@H]1C[C@H](O)CN1C(=O)[C@@H](CC(=O)CN1CCN(c2cc(-c3ccccc3O)nnc2N)CC1)C(C)(C)C. The molecule has 4 aromatic rings. The first-order valence-corrected chi connectivity index (χ1v) is 19.4. The van der Waals surface area contributed by atoms with Crippen LogP contribution in [0.25, 0.3) is 21.7 Å². The Balaban J connectivity index is 1.06. The van der Waals surface area contributed by atoms with Gasteiger partial charge in [-0.2, -0.15) is 0 Å². The topological polar surface area (TPSA) is 161 Å². The number of β-amino-alcohol motifs (C(OH)–C–C–N with tert-alkyl or cyclic N) is 1. The van der Waals surface area contributed by atoms with Gasteiger partial charge in [0, 0.05) is 68.8 Å². The fourth-order valence-corrected chi connectivity index (χ4v) is 8.28. The standard InChI is InChI=1S/C41H52N8O4S/c1-25(28-11-13-29(14-12-28)38-27(3)43-24-54-38)44-26(2)35-20-31(51)23-49(35)40(53)33(41(4,5)6)19-30(50)22-47-15-17-48(18-16-47)36-21-34(45-46-39(36)42)32-9-7-8-10-37(32)52/h7-14,21,24-25,31,33,35,44,51-52H,2,15-20,22-23H2,1,3-6H3,(H2,42,46)/t25-,31-,33+,35-/m0/s1. The molecular weight excluding hydrogens is 701 g/mol. The maximum absolute atomic E-state index is 14.3. The van der Waals surface area contributed by atoms with Crippen molar-refractivity contribution in [2.45, 2.75) is 65.6 Å². The predicted octanol–water partition coefficient (Wildman–Crippen LogP) is 5.43. The minimum atomic E-state index is -0.679. The highest BCUT2D eigenvalue weighted by molar-refractivity contribution is 7.13. The normalized spacial score (nSPS) is 19.1. The van der Waals surface area contributed by atoms with E-state index in [9.17, 15) is 19.8 Å². The Morgan fingerprint density at radius 2 is 1.78 bits per heavy atom. The Labute approximate surface area is 321 Å². The molecule has 0 spiro atoms. The molecule has 286 valence electrons. The van der Waals surface area contributed by atoms with Crippen LogP contribution in [0.3, 0.4) is 0 Å². The molecule has 2 fully saturated rings. The lowest BCUT2D eigenvalue weighted by Crippen LogP contribution is -2.49. The van der Waals surface area contributed by atoms with E-state index in [1.807, 2.05) is 45.3 Å². The zero-order valence-corrected chi connectivity index (χ0v) is 32.6. The van der Waals surface area contributed by atoms with Crippen molar-refractivity contribution in [1.82, 2.24) is 30.3 Å². The van der Waals surface area contributed by atoms with E-state index in [0.717, 1.165) is 27.4 Å². The number of amides is 1. The molecule has 0 saturated carbocycles. The number of ketones is 1. The van der Waals surface area contributed by atoms with Crippen LogP contribution in [-0.2, 0) is 9.59 Å². The molecule has 4 heterocycles. The van der Waals surface area contributed by atoms with Crippen molar-refractivity contribution in [3.8, 4) is 27.4 Å². The molecule has 0 radical (unpaired) electrons. The first-order valence-electron chi connectivity index (χ1n) is 18.5. The number of nitrogens with two attached hydrogens (primary N) is 1. The van der Waals surface area contributed by atoms with Gasteiger partial charge < -0.3 is 31.1 Å². The molecule has 12 nitrogen and oxygen atoms in total. The molecule has 4 atom stereocenters. The quantitative estimate of drug-likeness (QED) is 0.146. The first-order chi connectivity index (χ1) is 25.7. The van der Waals surface area contributed by atoms with Crippen molar-refractivity contribution in [2.75, 3.05) is 49.9 Å². The van der Waals surface area contributed by atoms with E-state index in [1.165, 1.54) is 0 Å². The number of likely N-dealkylation sites (tertiary alicyclic amines) is 1. The Morgan fingerprint density at radius 3 is 2.43 bits per heavy atom. The zero-order chi connectivity index (χ0) is 38.7. The third-order valence-electron chi connectivity index (χ3n) is 10.7. The largest absolute Gasteiger partial charge is 0.507 e. The zero-order valence-electron chi connectivity index (χ0n) is 31.8. The summed E-state index contributed by atoms with van der Waals surface area (Å²) in [6.45, 7) is 17.3. The van der Waals surface area contributed by atoms with E-state index >= 15 is 0 Å². The number of hydrogen-bond acceptors (Lipinski definition) is 12. The molecular formula is C41H52N8O4S. The number of carbonyl (C=O) groups is 2. The van der Waals surface area contributed by atoms with Crippen molar-refractivity contribution in [3.63, 3.8) is 0 Å². The lowest BCUT2D eigenvalue weighted by molar-refractivity contribution is -0.142. The van der Waals surface area contributed by atoms with Crippen LogP contribution >= 0.6 is 11.3 Å². The minimum absolute atomic E-state index is 0.00231. The monoisotopic (exact) mass is 752 g/mol. The lowest BCUT2D eigenvalue weighted by atomic mass is 9.76. The molecule has 2 saturated heterocycles. The van der Waals surface area contributed by atoms with Gasteiger partial charge in [0.2, 0.25) is 5.91 Å². The van der Waals surface area contributed by atoms with Crippen LogP contribution in [0, 0.1) is 18.3 Å². The number of aliphatic hydroxyl groups excluding tert-OH is 1. The van der Waals surface area contributed by atoms with E-state index in [4.69, 9.17) is 5.73 Å². The average Bonchev–Trinajstić information content (AvgIpc) is 3.76. The third kappa shape index (κ3) is 8.75. The highest BCUT2D eigenvalue weighted by Gasteiger charge is 2.43. The number of nitrogens with one attached hydrogen (secondary N) is 1. The Hall–Kier alpha value is -4.85. The number of thiazole rings is 1. The van der Waals surface area contributed by atoms with Crippen LogP contribution in [0.4, 0.5) is 11.5 Å². The van der Waals surface area contributed by atoms with Gasteiger partial charge in [-0.15, -0.1) is 21.5 Å². The summed E-state index contributed by atoms with van der Waals surface area (Å²) in [5, 5.41) is 32.9. The maximum Gasteiger partial charge on any atom is 0.227 e. The number of nitrogens with zero attached hydrogens (tertiary/aromatic N) is 6. The Kier molecular flexibility index (Phi) is 11.7. The molecule has 2 aromatic carbocycles. The van der Waals surface area contributed by atoms with Crippen molar-refractivity contribution in [1.29, 1.82) is 0 Å². The third-order valence-corrected chi connectivity index (χ3v) is 11.6. The van der Waals surface area contributed by atoms with Crippen LogP contribution < -0.4 is 16.0 Å². The molecule has 0 bridgehead atoms. The average molecular weight is 753 g/mol. The molecule has 0 unspecified atom stereocenters. The molecule has 0 aliphatic carbocycles. The molecule has 6 rings (SSSR count). The van der Waals surface area contributed by atoms with Crippen molar-refractivity contribution in [2.24, 2.45) is 11.3 Å². The van der Waals surface area contributed by atoms with Gasteiger partial charge in [-0.05, 0) is 48.6 Å². The van der Waals surface area contributed by atoms with E-state index in [-0.39, 0.29) is 43.0 Å². The van der Waals surface area contributed by atoms with Gasteiger partial charge >= 0.3 is 0 Å². The van der Waals surface area contributed by atoms with Crippen molar-refractivity contribution < 1.29 is 19.8 Å². The summed E-state index contributed by atoms with van der Waals surface area (Å²) in [6.07, 6.45) is -0.190. The number of aromatic hydroxyl groups is 1. The second kappa shape index (κ2) is 16.3. The minimum Gasteiger partial charge on any atom is -0.507 e. The van der Waals surface area contributed by atoms with Gasteiger partial charge in [0.15, 0.2) is 5.82 Å². The highest BCUT2D eigenvalue weighted by atomic mass is 32.1. The number of nitrogen functional groups attached to an aromatic ring is 1. The predicted molar refractivity (Wildman–Crippen MR) is 214 cm³/mol. The summed E-state index contributed by atoms with van der Waals surface area (Å²) < 4.78 is 0. The summed E-state index contributed by atoms with van der Waals surface area (Å²) in [4.78, 5) is 39.5. The second-order valence-electron chi connectivity index (χ2n) is 15.6. The number of phenols is 1. The van der Waals surface area contributed by atoms with Gasteiger partial charge in [0.25, 0.3) is 0 Å². The number of hydrogen-bond donors (Lipinski definition) is 4. The van der Waals surface area contributed by atoms with E-state index in [0.29, 0.717) is 55.4 Å². The highest BCUT2D eigenvalue weighted by Crippen LogP contribution is 2.36. The maximum atomic E-state index is 14.3. The molecule has 1 amide bonds. The Morgan fingerprint density at radius 1 is 1.07 bits per heavy atom. The van der Waals surface area contributed by atoms with Crippen LogP contribution in [0.2, 0.25) is 0 Å². The molecule has 5 N–H and O–H groups in total. The number of rotatable bonds is 12. The van der Waals surface area contributed by atoms with E-state index < -0.39 is 23.5 Å². The lowest BCUT2D eigenvalue weighted by Gasteiger charge is -2.38. The molecule has 13 heteroatoms. The summed E-state index contributed by atoms with van der Waals surface area (Å²) in [7, 11) is 0. The number of piperazine rings is 1. The van der Waals surface area contributed by atoms with Crippen molar-refractivity contribution in [3.05, 3.63) is 83.6 Å². The van der Waals surface area contributed by atoms with Gasteiger partial charge in [-0.1, -0.05) is 63.7 Å². The van der Waals surface area contributed by atoms with Gasteiger partial charge in [0.05, 0.1) is 46.2 Å². The fourth-order valence-electron chi connectivity index (χ4n) is 7.47. The first kappa shape index (κ1) is 38.9. The molecule has 2 aliphatic heterocycles. The van der Waals surface area contributed by atoms with Crippen LogP contribution in [0.1, 0.15) is 57.8 Å². The van der Waals surface area contributed by atoms with Crippen LogP contribution in [0.15, 0.2) is 72.4 Å². The summed E-state index contributed by atoms with van der Waals surface area (Å²) in [5.74, 6) is -0.279. The number of anilines is 2.